The number of hydrogen-bond donors (Lipinski definition) is 3. The van der Waals surface area contributed by atoms with Gasteiger partial charge in [0.1, 0.15) is 0 Å². The van der Waals surface area contributed by atoms with E-state index >= 15 is 0 Å². The predicted octanol–water partition coefficient (Wildman–Crippen LogP) is 3.00. The Morgan fingerprint density at radius 3 is 2.75 bits per heavy atom. The average molecular weight is 421 g/mol. The Kier molecular flexibility index (Phi) is 5.29. The van der Waals surface area contributed by atoms with E-state index in [4.69, 9.17) is 27.9 Å². The number of ether oxygens (including phenoxy) is 1. The molecule has 8 heteroatoms. The number of nitrogens with zero attached hydrogens (tertiary/aromatic N) is 1. The Labute approximate surface area is 172 Å². The highest BCUT2D eigenvalue weighted by molar-refractivity contribution is 6.36. The first-order valence-corrected chi connectivity index (χ1v) is 9.77. The highest BCUT2D eigenvalue weighted by Crippen LogP contribution is 2.31. The van der Waals surface area contributed by atoms with Crippen LogP contribution in [0.5, 0.6) is 0 Å². The fraction of sp³-hybridized carbons (Fsp3) is 0.300. The van der Waals surface area contributed by atoms with Crippen molar-refractivity contribution in [1.29, 1.82) is 0 Å². The SMILES string of the molecule is O=C(NC1(CO)CCOCC1)c1[nH]c(-c2ccc(Cl)cc2Cl)c2cccc[n+]12. The Balaban J connectivity index is 1.77. The summed E-state index contributed by atoms with van der Waals surface area (Å²) in [5.74, 6) is 0.0596. The number of hydrogen-bond acceptors (Lipinski definition) is 3. The maximum absolute atomic E-state index is 13.1. The third kappa shape index (κ3) is 3.49. The molecule has 3 heterocycles. The lowest BCUT2D eigenvalue weighted by atomic mass is 9.91. The second kappa shape index (κ2) is 7.72. The van der Waals surface area contributed by atoms with Crippen molar-refractivity contribution >= 4 is 34.6 Å². The lowest BCUT2D eigenvalue weighted by molar-refractivity contribution is -0.514. The third-order valence-electron chi connectivity index (χ3n) is 5.15. The van der Waals surface area contributed by atoms with Crippen LogP contribution in [-0.4, -0.2) is 41.4 Å². The first-order valence-electron chi connectivity index (χ1n) is 9.02. The number of H-pyrrole nitrogens is 1. The number of carbonyl (C=O) groups excluding carboxylic acids is 1. The highest BCUT2D eigenvalue weighted by atomic mass is 35.5. The standard InChI is InChI=1S/C20H19Cl2N3O3/c21-13-4-5-14(15(22)11-13)17-16-3-1-2-8-25(16)18(23-17)19(27)24-20(12-26)6-9-28-10-7-20/h1-5,8,11,26H,6-7,9-10,12H2,(H,24,27)/p+1. The minimum Gasteiger partial charge on any atom is -0.394 e. The van der Waals surface area contributed by atoms with Crippen molar-refractivity contribution in [3.8, 4) is 11.3 Å². The maximum atomic E-state index is 13.1. The van der Waals surface area contributed by atoms with Crippen LogP contribution in [0.15, 0.2) is 42.6 Å². The molecule has 0 unspecified atom stereocenters. The van der Waals surface area contributed by atoms with Gasteiger partial charge in [-0.2, -0.15) is 4.40 Å². The molecule has 0 aliphatic carbocycles. The number of aliphatic hydroxyl groups excluding tert-OH is 1. The molecule has 0 atom stereocenters. The van der Waals surface area contributed by atoms with Gasteiger partial charge in [0.05, 0.1) is 23.4 Å². The highest BCUT2D eigenvalue weighted by Gasteiger charge is 2.37. The number of amides is 1. The molecular weight excluding hydrogens is 401 g/mol. The van der Waals surface area contributed by atoms with E-state index in [1.54, 1.807) is 16.5 Å². The molecule has 4 rings (SSSR count). The van der Waals surface area contributed by atoms with Crippen LogP contribution in [-0.2, 0) is 4.74 Å². The zero-order valence-electron chi connectivity index (χ0n) is 15.0. The molecule has 0 saturated carbocycles. The summed E-state index contributed by atoms with van der Waals surface area (Å²) in [6.45, 7) is 0.872. The molecule has 146 valence electrons. The van der Waals surface area contributed by atoms with Crippen molar-refractivity contribution in [2.45, 2.75) is 18.4 Å². The minimum absolute atomic E-state index is 0.138. The lowest BCUT2D eigenvalue weighted by Crippen LogP contribution is -2.55. The predicted molar refractivity (Wildman–Crippen MR) is 107 cm³/mol. The van der Waals surface area contributed by atoms with Gasteiger partial charge in [0.25, 0.3) is 0 Å². The molecule has 2 aromatic heterocycles. The van der Waals surface area contributed by atoms with Gasteiger partial charge in [-0.1, -0.05) is 29.3 Å². The number of benzene rings is 1. The van der Waals surface area contributed by atoms with Gasteiger partial charge in [-0.3, -0.25) is 4.79 Å². The molecule has 1 saturated heterocycles. The molecule has 0 radical (unpaired) electrons. The number of aromatic amines is 1. The largest absolute Gasteiger partial charge is 0.394 e. The van der Waals surface area contributed by atoms with Crippen molar-refractivity contribution in [1.82, 2.24) is 10.3 Å². The van der Waals surface area contributed by atoms with Gasteiger partial charge in [-0.05, 0) is 43.2 Å². The molecule has 1 aliphatic heterocycles. The van der Waals surface area contributed by atoms with Crippen molar-refractivity contribution < 1.29 is 19.0 Å². The van der Waals surface area contributed by atoms with Crippen LogP contribution in [0, 0.1) is 0 Å². The molecule has 1 amide bonds. The van der Waals surface area contributed by atoms with Crippen LogP contribution >= 0.6 is 23.2 Å². The summed E-state index contributed by atoms with van der Waals surface area (Å²) in [5, 5.41) is 13.9. The van der Waals surface area contributed by atoms with Crippen molar-refractivity contribution in [2.24, 2.45) is 0 Å². The lowest BCUT2D eigenvalue weighted by Gasteiger charge is -2.35. The van der Waals surface area contributed by atoms with Crippen LogP contribution in [0.1, 0.15) is 23.5 Å². The quantitative estimate of drug-likeness (QED) is 0.567. The van der Waals surface area contributed by atoms with E-state index in [-0.39, 0.29) is 12.5 Å². The van der Waals surface area contributed by atoms with Crippen LogP contribution < -0.4 is 9.72 Å². The monoisotopic (exact) mass is 420 g/mol. The van der Waals surface area contributed by atoms with Crippen LogP contribution in [0.25, 0.3) is 16.8 Å². The smallest absolute Gasteiger partial charge is 0.351 e. The molecule has 1 aliphatic rings. The number of aromatic nitrogens is 2. The molecule has 1 aromatic carbocycles. The summed E-state index contributed by atoms with van der Waals surface area (Å²) in [4.78, 5) is 16.3. The van der Waals surface area contributed by atoms with Crippen molar-refractivity contribution in [3.63, 3.8) is 0 Å². The summed E-state index contributed by atoms with van der Waals surface area (Å²) in [5.41, 5.74) is 1.59. The van der Waals surface area contributed by atoms with Crippen LogP contribution in [0.2, 0.25) is 10.0 Å². The molecule has 1 fully saturated rings. The summed E-state index contributed by atoms with van der Waals surface area (Å²) >= 11 is 12.4. The molecule has 3 N–H and O–H groups in total. The topological polar surface area (TPSA) is 78.4 Å². The molecule has 0 bridgehead atoms. The van der Waals surface area contributed by atoms with Crippen molar-refractivity contribution in [3.05, 3.63) is 58.5 Å². The summed E-state index contributed by atoms with van der Waals surface area (Å²) in [6.07, 6.45) is 2.94. The Morgan fingerprint density at radius 1 is 1.25 bits per heavy atom. The first-order chi connectivity index (χ1) is 13.5. The van der Waals surface area contributed by atoms with E-state index in [0.717, 1.165) is 16.8 Å². The van der Waals surface area contributed by atoms with E-state index in [1.165, 1.54) is 0 Å². The number of halogens is 2. The number of aliphatic hydroxyl groups is 1. The summed E-state index contributed by atoms with van der Waals surface area (Å²) in [6, 6.07) is 10.9. The third-order valence-corrected chi connectivity index (χ3v) is 5.69. The molecule has 28 heavy (non-hydrogen) atoms. The normalized spacial score (nSPS) is 16.2. The zero-order valence-corrected chi connectivity index (χ0v) is 16.6. The van der Waals surface area contributed by atoms with Gasteiger partial charge in [0, 0.05) is 23.8 Å². The van der Waals surface area contributed by atoms with E-state index in [1.807, 2.05) is 30.5 Å². The molecular formula is C20H20Cl2N3O3+. The number of pyridine rings is 1. The van der Waals surface area contributed by atoms with Gasteiger partial charge in [0.2, 0.25) is 0 Å². The van der Waals surface area contributed by atoms with Gasteiger partial charge < -0.3 is 15.2 Å². The number of nitrogens with one attached hydrogen (secondary N) is 2. The van der Waals surface area contributed by atoms with E-state index in [0.29, 0.717) is 41.9 Å². The summed E-state index contributed by atoms with van der Waals surface area (Å²) < 4.78 is 7.15. The fourth-order valence-electron chi connectivity index (χ4n) is 3.53. The van der Waals surface area contributed by atoms with Crippen LogP contribution in [0.3, 0.4) is 0 Å². The van der Waals surface area contributed by atoms with Crippen molar-refractivity contribution in [2.75, 3.05) is 19.8 Å². The first kappa shape index (κ1) is 19.2. The Hall–Kier alpha value is -2.12. The second-order valence-corrected chi connectivity index (χ2v) is 7.78. The molecule has 6 nitrogen and oxygen atoms in total. The zero-order chi connectivity index (χ0) is 19.7. The fourth-order valence-corrected chi connectivity index (χ4v) is 4.04. The minimum atomic E-state index is -0.680. The van der Waals surface area contributed by atoms with Gasteiger partial charge in [-0.15, -0.1) is 0 Å². The summed E-state index contributed by atoms with van der Waals surface area (Å²) in [7, 11) is 0. The van der Waals surface area contributed by atoms with Crippen LogP contribution in [0.4, 0.5) is 0 Å². The van der Waals surface area contributed by atoms with Gasteiger partial charge in [0.15, 0.2) is 11.2 Å². The van der Waals surface area contributed by atoms with E-state index in [2.05, 4.69) is 10.3 Å². The number of rotatable bonds is 4. The molecule has 3 aromatic rings. The van der Waals surface area contributed by atoms with Gasteiger partial charge in [-0.25, -0.2) is 4.98 Å². The van der Waals surface area contributed by atoms with Gasteiger partial charge >= 0.3 is 11.7 Å². The van der Waals surface area contributed by atoms with E-state index in [9.17, 15) is 9.90 Å². The van der Waals surface area contributed by atoms with E-state index < -0.39 is 5.54 Å². The number of imidazole rings is 1. The Morgan fingerprint density at radius 2 is 2.04 bits per heavy atom. The second-order valence-electron chi connectivity index (χ2n) is 6.93. The average Bonchev–Trinajstić information content (AvgIpc) is 3.08. The maximum Gasteiger partial charge on any atom is 0.351 e. The molecule has 0 spiro atoms. The number of fused-ring (bicyclic) bond motifs is 1. The Bertz CT molecular complexity index is 1030. The number of carbonyl (C=O) groups is 1.